The molecule has 0 aromatic heterocycles. The van der Waals surface area contributed by atoms with Crippen molar-refractivity contribution in [2.75, 3.05) is 20.3 Å². The molecule has 7 nitrogen and oxygen atoms in total. The van der Waals surface area contributed by atoms with Crippen LogP contribution in [0.15, 0.2) is 47.4 Å². The largest absolute Gasteiger partial charge is 0.495 e. The Morgan fingerprint density at radius 3 is 2.48 bits per heavy atom. The van der Waals surface area contributed by atoms with Crippen LogP contribution in [0, 0.1) is 6.92 Å². The van der Waals surface area contributed by atoms with Gasteiger partial charge in [0.05, 0.1) is 20.3 Å². The molecule has 0 amide bonds. The second-order valence-corrected chi connectivity index (χ2v) is 6.76. The van der Waals surface area contributed by atoms with Crippen LogP contribution in [0.3, 0.4) is 0 Å². The highest BCUT2D eigenvalue weighted by Crippen LogP contribution is 2.29. The third-order valence-electron chi connectivity index (χ3n) is 3.24. The van der Waals surface area contributed by atoms with Gasteiger partial charge in [0.25, 0.3) is 0 Å². The summed E-state index contributed by atoms with van der Waals surface area (Å²) < 4.78 is 41.0. The molecule has 8 heteroatoms. The Kier molecular flexibility index (Phi) is 6.63. The SMILES string of the molecule is COc1ccccc1S(=O)(=O)Oc1cc(C)cc(OCCCON)c1. The zero-order valence-corrected chi connectivity index (χ0v) is 14.9. The molecule has 0 heterocycles. The second kappa shape index (κ2) is 8.70. The first-order chi connectivity index (χ1) is 12.0. The van der Waals surface area contributed by atoms with Crippen molar-refractivity contribution in [1.29, 1.82) is 0 Å². The first kappa shape index (κ1) is 19.0. The highest BCUT2D eigenvalue weighted by molar-refractivity contribution is 7.87. The van der Waals surface area contributed by atoms with Crippen LogP contribution in [0.1, 0.15) is 12.0 Å². The third-order valence-corrected chi connectivity index (χ3v) is 4.53. The van der Waals surface area contributed by atoms with Crippen LogP contribution in [0.25, 0.3) is 0 Å². The number of benzene rings is 2. The van der Waals surface area contributed by atoms with Crippen LogP contribution < -0.4 is 19.6 Å². The van der Waals surface area contributed by atoms with Gasteiger partial charge in [0.15, 0.2) is 0 Å². The van der Waals surface area contributed by atoms with Gasteiger partial charge in [-0.3, -0.25) is 0 Å². The van der Waals surface area contributed by atoms with E-state index in [0.29, 0.717) is 25.4 Å². The van der Waals surface area contributed by atoms with Gasteiger partial charge in [-0.15, -0.1) is 0 Å². The fourth-order valence-corrected chi connectivity index (χ4v) is 3.26. The second-order valence-electron chi connectivity index (χ2n) is 5.24. The third kappa shape index (κ3) is 5.35. The average molecular weight is 367 g/mol. The molecule has 2 rings (SSSR count). The molecule has 2 aromatic carbocycles. The summed E-state index contributed by atoms with van der Waals surface area (Å²) in [5.74, 6) is 5.83. The smallest absolute Gasteiger partial charge is 0.342 e. The van der Waals surface area contributed by atoms with E-state index in [0.717, 1.165) is 5.56 Å². The number of nitrogens with two attached hydrogens (primary N) is 1. The van der Waals surface area contributed by atoms with Crippen molar-refractivity contribution in [3.05, 3.63) is 48.0 Å². The zero-order chi connectivity index (χ0) is 18.3. The van der Waals surface area contributed by atoms with Crippen LogP contribution in [-0.4, -0.2) is 28.7 Å². The zero-order valence-electron chi connectivity index (χ0n) is 14.1. The molecule has 0 saturated heterocycles. The number of hydrogen-bond donors (Lipinski definition) is 1. The fraction of sp³-hybridized carbons (Fsp3) is 0.294. The van der Waals surface area contributed by atoms with Crippen LogP contribution in [0.4, 0.5) is 0 Å². The highest BCUT2D eigenvalue weighted by atomic mass is 32.2. The maximum Gasteiger partial charge on any atom is 0.342 e. The lowest BCUT2D eigenvalue weighted by molar-refractivity contribution is 0.122. The van der Waals surface area contributed by atoms with Crippen molar-refractivity contribution in [3.63, 3.8) is 0 Å². The molecule has 25 heavy (non-hydrogen) atoms. The Morgan fingerprint density at radius 2 is 1.76 bits per heavy atom. The summed E-state index contributed by atoms with van der Waals surface area (Å²) in [5, 5.41) is 0. The average Bonchev–Trinajstić information content (AvgIpc) is 2.58. The molecule has 2 aromatic rings. The van der Waals surface area contributed by atoms with E-state index >= 15 is 0 Å². The fourth-order valence-electron chi connectivity index (χ4n) is 2.17. The van der Waals surface area contributed by atoms with Crippen molar-refractivity contribution in [2.24, 2.45) is 5.90 Å². The Labute approximate surface area is 147 Å². The minimum atomic E-state index is -4.04. The number of ether oxygens (including phenoxy) is 2. The Morgan fingerprint density at radius 1 is 1.04 bits per heavy atom. The van der Waals surface area contributed by atoms with Crippen molar-refractivity contribution < 1.29 is 26.9 Å². The van der Waals surface area contributed by atoms with Gasteiger partial charge in [-0.05, 0) is 36.8 Å². The maximum atomic E-state index is 12.5. The summed E-state index contributed by atoms with van der Waals surface area (Å²) in [6, 6.07) is 11.2. The van der Waals surface area contributed by atoms with Gasteiger partial charge < -0.3 is 18.5 Å². The number of rotatable bonds is 9. The van der Waals surface area contributed by atoms with Gasteiger partial charge in [0.2, 0.25) is 0 Å². The molecule has 136 valence electrons. The first-order valence-corrected chi connectivity index (χ1v) is 9.01. The number of aryl methyl sites for hydroxylation is 1. The van der Waals surface area contributed by atoms with Crippen molar-refractivity contribution in [1.82, 2.24) is 0 Å². The van der Waals surface area contributed by atoms with Crippen LogP contribution in [0.2, 0.25) is 0 Å². The molecule has 0 bridgehead atoms. The molecule has 0 saturated carbocycles. The summed E-state index contributed by atoms with van der Waals surface area (Å²) in [6.45, 7) is 2.58. The molecular weight excluding hydrogens is 346 g/mol. The molecule has 0 aliphatic heterocycles. The van der Waals surface area contributed by atoms with Gasteiger partial charge in [-0.1, -0.05) is 12.1 Å². The van der Waals surface area contributed by atoms with Gasteiger partial charge >= 0.3 is 10.1 Å². The summed E-state index contributed by atoms with van der Waals surface area (Å²) in [4.78, 5) is 4.43. The lowest BCUT2D eigenvalue weighted by atomic mass is 10.2. The van der Waals surface area contributed by atoms with Crippen LogP contribution in [-0.2, 0) is 15.0 Å². The predicted octanol–water partition coefficient (Wildman–Crippen LogP) is 2.43. The van der Waals surface area contributed by atoms with Gasteiger partial charge in [0, 0.05) is 12.5 Å². The summed E-state index contributed by atoms with van der Waals surface area (Å²) in [5.41, 5.74) is 0.804. The molecule has 2 N–H and O–H groups in total. The standard InChI is InChI=1S/C17H21NO6S/c1-13-10-14(22-8-5-9-23-18)12-15(11-13)24-25(19,20)17-7-4-3-6-16(17)21-2/h3-4,6-7,10-12H,5,8-9,18H2,1-2H3. The molecule has 0 unspecified atom stereocenters. The minimum absolute atomic E-state index is 0.0402. The van der Waals surface area contributed by atoms with E-state index in [1.165, 1.54) is 19.2 Å². The highest BCUT2D eigenvalue weighted by Gasteiger charge is 2.21. The van der Waals surface area contributed by atoms with Gasteiger partial charge in [-0.25, -0.2) is 5.90 Å². The molecule has 0 aliphatic carbocycles. The van der Waals surface area contributed by atoms with Crippen LogP contribution in [0.5, 0.6) is 17.2 Å². The topological polar surface area (TPSA) is 97.1 Å². The summed E-state index contributed by atoms with van der Waals surface area (Å²) >= 11 is 0. The van der Waals surface area contributed by atoms with E-state index in [1.807, 2.05) is 6.92 Å². The van der Waals surface area contributed by atoms with Crippen molar-refractivity contribution >= 4 is 10.1 Å². The Hall–Kier alpha value is -2.29. The number of methoxy groups -OCH3 is 1. The van der Waals surface area contributed by atoms with Gasteiger partial charge in [-0.2, -0.15) is 8.42 Å². The van der Waals surface area contributed by atoms with Crippen molar-refractivity contribution in [2.45, 2.75) is 18.2 Å². The monoisotopic (exact) mass is 367 g/mol. The van der Waals surface area contributed by atoms with Crippen molar-refractivity contribution in [3.8, 4) is 17.2 Å². The molecule has 0 aliphatic rings. The number of hydrogen-bond acceptors (Lipinski definition) is 7. The van der Waals surface area contributed by atoms with E-state index in [9.17, 15) is 8.42 Å². The first-order valence-electron chi connectivity index (χ1n) is 7.60. The molecule has 0 atom stereocenters. The summed E-state index contributed by atoms with van der Waals surface area (Å²) in [7, 11) is -2.63. The lowest BCUT2D eigenvalue weighted by Gasteiger charge is -2.12. The van der Waals surface area contributed by atoms with E-state index in [1.54, 1.807) is 30.3 Å². The minimum Gasteiger partial charge on any atom is -0.495 e. The van der Waals surface area contributed by atoms with E-state index in [2.05, 4.69) is 4.84 Å². The molecular formula is C17H21NO6S. The summed E-state index contributed by atoms with van der Waals surface area (Å²) in [6.07, 6.45) is 0.611. The molecule has 0 radical (unpaired) electrons. The van der Waals surface area contributed by atoms with Crippen LogP contribution >= 0.6 is 0 Å². The quantitative estimate of drug-likeness (QED) is 0.413. The Bertz CT molecular complexity index is 807. The molecule has 0 fully saturated rings. The number of para-hydroxylation sites is 1. The maximum absolute atomic E-state index is 12.5. The normalized spacial score (nSPS) is 11.2. The van der Waals surface area contributed by atoms with E-state index in [4.69, 9.17) is 19.6 Å². The Balaban J connectivity index is 2.19. The lowest BCUT2D eigenvalue weighted by Crippen LogP contribution is -2.11. The predicted molar refractivity (Wildman–Crippen MR) is 92.2 cm³/mol. The molecule has 0 spiro atoms. The van der Waals surface area contributed by atoms with Gasteiger partial charge in [0.1, 0.15) is 22.1 Å². The van der Waals surface area contributed by atoms with E-state index in [-0.39, 0.29) is 16.4 Å². The van der Waals surface area contributed by atoms with E-state index < -0.39 is 10.1 Å².